The van der Waals surface area contributed by atoms with Gasteiger partial charge in [0.2, 0.25) is 0 Å². The van der Waals surface area contributed by atoms with Crippen molar-refractivity contribution in [3.63, 3.8) is 0 Å². The lowest BCUT2D eigenvalue weighted by molar-refractivity contribution is 0.0951. The predicted molar refractivity (Wildman–Crippen MR) is 67.5 cm³/mol. The van der Waals surface area contributed by atoms with Crippen molar-refractivity contribution >= 4 is 16.8 Å². The highest BCUT2D eigenvalue weighted by molar-refractivity contribution is 6.09. The van der Waals surface area contributed by atoms with Gasteiger partial charge in [-0.1, -0.05) is 26.0 Å². The molecule has 0 atom stereocenters. The summed E-state index contributed by atoms with van der Waals surface area (Å²) in [4.78, 5) is 12.1. The number of carbonyl (C=O) groups is 1. The van der Waals surface area contributed by atoms with Gasteiger partial charge in [-0.15, -0.1) is 0 Å². The number of Topliss-reactive ketones (excluding diaryl/α,β-unsaturated/α-hetero) is 1. The number of hydrogen-bond acceptors (Lipinski definition) is 2. The molecule has 3 rings (SSSR count). The van der Waals surface area contributed by atoms with E-state index in [9.17, 15) is 4.79 Å². The fraction of sp³-hybridized carbons (Fsp3) is 0.400. The van der Waals surface area contributed by atoms with Crippen molar-refractivity contribution in [2.24, 2.45) is 0 Å². The number of carbonyl (C=O) groups excluding carboxylic acids is 1. The monoisotopic (exact) mass is 228 g/mol. The van der Waals surface area contributed by atoms with Crippen LogP contribution in [-0.4, -0.2) is 5.78 Å². The fourth-order valence-corrected chi connectivity index (χ4v) is 2.62. The van der Waals surface area contributed by atoms with E-state index >= 15 is 0 Å². The summed E-state index contributed by atoms with van der Waals surface area (Å²) in [7, 11) is 0. The Hall–Kier alpha value is -1.57. The maximum absolute atomic E-state index is 12.1. The van der Waals surface area contributed by atoms with Gasteiger partial charge in [0.25, 0.3) is 0 Å². The first kappa shape index (κ1) is 10.6. The Balaban J connectivity index is 2.39. The van der Waals surface area contributed by atoms with Crippen LogP contribution in [-0.2, 0) is 5.41 Å². The standard InChI is InChI=1S/C15H16O2/c1-9-4-5-10-12(8-9)17-14-13(10)11(16)6-7-15(14,2)3/h4-5,8H,6-7H2,1-3H3. The van der Waals surface area contributed by atoms with Crippen LogP contribution < -0.4 is 0 Å². The predicted octanol–water partition coefficient (Wildman–Crippen LogP) is 4.00. The Morgan fingerprint density at radius 1 is 1.29 bits per heavy atom. The number of rotatable bonds is 0. The van der Waals surface area contributed by atoms with Crippen LogP contribution in [0.4, 0.5) is 0 Å². The SMILES string of the molecule is Cc1ccc2c3c(oc2c1)C(C)(C)CCC3=O. The van der Waals surface area contributed by atoms with Crippen LogP contribution in [0.15, 0.2) is 22.6 Å². The number of fused-ring (bicyclic) bond motifs is 3. The number of benzene rings is 1. The summed E-state index contributed by atoms with van der Waals surface area (Å²) < 4.78 is 5.94. The molecule has 88 valence electrons. The van der Waals surface area contributed by atoms with Crippen molar-refractivity contribution < 1.29 is 9.21 Å². The van der Waals surface area contributed by atoms with Crippen LogP contribution >= 0.6 is 0 Å². The van der Waals surface area contributed by atoms with Crippen LogP contribution in [0.3, 0.4) is 0 Å². The average Bonchev–Trinajstić information content (AvgIpc) is 2.64. The highest BCUT2D eigenvalue weighted by atomic mass is 16.3. The molecular formula is C15H16O2. The van der Waals surface area contributed by atoms with E-state index in [2.05, 4.69) is 13.8 Å². The molecule has 0 saturated carbocycles. The summed E-state index contributed by atoms with van der Waals surface area (Å²) in [6.45, 7) is 6.33. The molecule has 1 heterocycles. The van der Waals surface area contributed by atoms with E-state index in [4.69, 9.17) is 4.42 Å². The van der Waals surface area contributed by atoms with Crippen molar-refractivity contribution in [2.75, 3.05) is 0 Å². The number of aryl methyl sites for hydroxylation is 1. The van der Waals surface area contributed by atoms with Crippen molar-refractivity contribution in [1.82, 2.24) is 0 Å². The van der Waals surface area contributed by atoms with E-state index in [1.807, 2.05) is 25.1 Å². The molecule has 0 spiro atoms. The minimum atomic E-state index is -0.0316. The Bertz CT molecular complexity index is 617. The van der Waals surface area contributed by atoms with Gasteiger partial charge < -0.3 is 4.42 Å². The largest absolute Gasteiger partial charge is 0.460 e. The molecule has 0 radical (unpaired) electrons. The smallest absolute Gasteiger partial charge is 0.167 e. The first-order chi connectivity index (χ1) is 7.99. The van der Waals surface area contributed by atoms with Crippen LogP contribution in [0.25, 0.3) is 11.0 Å². The molecule has 2 nitrogen and oxygen atoms in total. The van der Waals surface area contributed by atoms with E-state index in [0.717, 1.165) is 34.3 Å². The van der Waals surface area contributed by atoms with Crippen molar-refractivity contribution in [1.29, 1.82) is 0 Å². The number of hydrogen-bond donors (Lipinski definition) is 0. The second kappa shape index (κ2) is 3.22. The van der Waals surface area contributed by atoms with Crippen LogP contribution in [0.2, 0.25) is 0 Å². The molecule has 2 heteroatoms. The molecule has 0 unspecified atom stereocenters. The summed E-state index contributed by atoms with van der Waals surface area (Å²) >= 11 is 0. The summed E-state index contributed by atoms with van der Waals surface area (Å²) in [6, 6.07) is 6.05. The van der Waals surface area contributed by atoms with E-state index in [-0.39, 0.29) is 11.2 Å². The third kappa shape index (κ3) is 1.43. The maximum atomic E-state index is 12.1. The average molecular weight is 228 g/mol. The van der Waals surface area contributed by atoms with Gasteiger partial charge in [-0.3, -0.25) is 4.79 Å². The molecular weight excluding hydrogens is 212 g/mol. The molecule has 0 N–H and O–H groups in total. The summed E-state index contributed by atoms with van der Waals surface area (Å²) in [5.74, 6) is 1.09. The van der Waals surface area contributed by atoms with Crippen LogP contribution in [0.5, 0.6) is 0 Å². The van der Waals surface area contributed by atoms with Crippen LogP contribution in [0.1, 0.15) is 48.4 Å². The topological polar surface area (TPSA) is 30.2 Å². The summed E-state index contributed by atoms with van der Waals surface area (Å²) in [6.07, 6.45) is 1.50. The van der Waals surface area contributed by atoms with Gasteiger partial charge in [0.05, 0.1) is 5.56 Å². The molecule has 17 heavy (non-hydrogen) atoms. The van der Waals surface area contributed by atoms with Gasteiger partial charge >= 0.3 is 0 Å². The first-order valence-corrected chi connectivity index (χ1v) is 6.06. The Kier molecular flexibility index (Phi) is 2.00. The zero-order valence-electron chi connectivity index (χ0n) is 10.5. The lowest BCUT2D eigenvalue weighted by atomic mass is 9.76. The fourth-order valence-electron chi connectivity index (χ4n) is 2.62. The summed E-state index contributed by atoms with van der Waals surface area (Å²) in [5.41, 5.74) is 2.79. The lowest BCUT2D eigenvalue weighted by Gasteiger charge is -2.27. The Labute approximate surface area is 101 Å². The zero-order chi connectivity index (χ0) is 12.2. The van der Waals surface area contributed by atoms with Gasteiger partial charge in [0.1, 0.15) is 11.3 Å². The van der Waals surface area contributed by atoms with Gasteiger partial charge in [-0.25, -0.2) is 0 Å². The molecule has 0 fully saturated rings. The van der Waals surface area contributed by atoms with Crippen molar-refractivity contribution in [3.8, 4) is 0 Å². The lowest BCUT2D eigenvalue weighted by Crippen LogP contribution is -2.25. The highest BCUT2D eigenvalue weighted by Gasteiger charge is 2.36. The molecule has 1 aliphatic rings. The normalized spacial score (nSPS) is 18.4. The molecule has 2 aromatic rings. The Morgan fingerprint density at radius 2 is 2.06 bits per heavy atom. The summed E-state index contributed by atoms with van der Waals surface area (Å²) in [5, 5.41) is 0.975. The second-order valence-electron chi connectivity index (χ2n) is 5.61. The van der Waals surface area contributed by atoms with E-state index in [1.165, 1.54) is 0 Å². The minimum Gasteiger partial charge on any atom is -0.460 e. The molecule has 0 saturated heterocycles. The zero-order valence-corrected chi connectivity index (χ0v) is 10.5. The quantitative estimate of drug-likeness (QED) is 0.682. The number of ketones is 1. The molecule has 1 aromatic carbocycles. The first-order valence-electron chi connectivity index (χ1n) is 6.06. The van der Waals surface area contributed by atoms with Gasteiger partial charge in [-0.2, -0.15) is 0 Å². The van der Waals surface area contributed by atoms with Gasteiger partial charge in [-0.05, 0) is 25.0 Å². The van der Waals surface area contributed by atoms with Crippen molar-refractivity contribution in [3.05, 3.63) is 35.1 Å². The van der Waals surface area contributed by atoms with Crippen molar-refractivity contribution in [2.45, 2.75) is 39.0 Å². The third-order valence-corrected chi connectivity index (χ3v) is 3.72. The van der Waals surface area contributed by atoms with E-state index in [0.29, 0.717) is 6.42 Å². The molecule has 0 amide bonds. The highest BCUT2D eigenvalue weighted by Crippen LogP contribution is 2.41. The molecule has 0 aliphatic heterocycles. The minimum absolute atomic E-state index is 0.0316. The maximum Gasteiger partial charge on any atom is 0.167 e. The Morgan fingerprint density at radius 3 is 2.82 bits per heavy atom. The van der Waals surface area contributed by atoms with E-state index < -0.39 is 0 Å². The molecule has 0 bridgehead atoms. The van der Waals surface area contributed by atoms with Crippen LogP contribution in [0, 0.1) is 6.92 Å². The van der Waals surface area contributed by atoms with E-state index in [1.54, 1.807) is 0 Å². The third-order valence-electron chi connectivity index (χ3n) is 3.72. The van der Waals surface area contributed by atoms with Gasteiger partial charge in [0, 0.05) is 17.2 Å². The number of furan rings is 1. The van der Waals surface area contributed by atoms with Gasteiger partial charge in [0.15, 0.2) is 5.78 Å². The molecule has 1 aliphatic carbocycles. The molecule has 1 aromatic heterocycles. The second-order valence-corrected chi connectivity index (χ2v) is 5.61.